The minimum Gasteiger partial charge on any atom is -0.481 e. The van der Waals surface area contributed by atoms with Crippen molar-refractivity contribution in [3.8, 4) is 0 Å². The first-order chi connectivity index (χ1) is 9.12. The Labute approximate surface area is 113 Å². The van der Waals surface area contributed by atoms with E-state index in [0.717, 1.165) is 13.0 Å². The van der Waals surface area contributed by atoms with E-state index in [4.69, 9.17) is 5.11 Å². The molecule has 19 heavy (non-hydrogen) atoms. The number of carboxylic acid groups (broad SMARTS) is 1. The molecule has 0 spiro atoms. The van der Waals surface area contributed by atoms with E-state index in [1.165, 1.54) is 25.9 Å². The van der Waals surface area contributed by atoms with Crippen LogP contribution in [0.4, 0.5) is 4.79 Å². The Bertz CT molecular complexity index is 336. The first-order valence-corrected chi connectivity index (χ1v) is 7.10. The third kappa shape index (κ3) is 4.09. The third-order valence-electron chi connectivity index (χ3n) is 4.03. The monoisotopic (exact) mass is 269 g/mol. The summed E-state index contributed by atoms with van der Waals surface area (Å²) in [7, 11) is 0. The van der Waals surface area contributed by atoms with Crippen molar-refractivity contribution in [1.82, 2.24) is 15.5 Å². The Kier molecular flexibility index (Phi) is 4.63. The van der Waals surface area contributed by atoms with Gasteiger partial charge in [0.15, 0.2) is 0 Å². The Hall–Kier alpha value is -1.30. The topological polar surface area (TPSA) is 81.7 Å². The molecule has 1 saturated heterocycles. The molecule has 3 N–H and O–H groups in total. The average molecular weight is 269 g/mol. The summed E-state index contributed by atoms with van der Waals surface area (Å²) in [5.74, 6) is -0.804. The minimum absolute atomic E-state index is 0.236. The zero-order valence-electron chi connectivity index (χ0n) is 11.3. The molecule has 6 heteroatoms. The number of carbonyl (C=O) groups excluding carboxylic acids is 1. The van der Waals surface area contributed by atoms with Crippen LogP contribution in [-0.2, 0) is 4.79 Å². The molecule has 0 aromatic carbocycles. The number of urea groups is 1. The van der Waals surface area contributed by atoms with Crippen molar-refractivity contribution >= 4 is 12.0 Å². The molecule has 2 aliphatic rings. The first kappa shape index (κ1) is 14.1. The Morgan fingerprint density at radius 3 is 2.42 bits per heavy atom. The maximum absolute atomic E-state index is 11.5. The van der Waals surface area contributed by atoms with Gasteiger partial charge in [-0.05, 0) is 51.7 Å². The summed E-state index contributed by atoms with van der Waals surface area (Å²) in [6.07, 6.45) is 4.84. The van der Waals surface area contributed by atoms with Crippen molar-refractivity contribution in [2.75, 3.05) is 32.7 Å². The van der Waals surface area contributed by atoms with Gasteiger partial charge in [-0.3, -0.25) is 4.79 Å². The predicted octanol–water partition coefficient (Wildman–Crippen LogP) is 0.636. The molecule has 0 radical (unpaired) electrons. The molecule has 108 valence electrons. The van der Waals surface area contributed by atoms with E-state index in [1.807, 2.05) is 0 Å². The molecule has 6 nitrogen and oxygen atoms in total. The second-order valence-electron chi connectivity index (χ2n) is 5.60. The number of likely N-dealkylation sites (tertiary alicyclic amines) is 1. The zero-order valence-corrected chi connectivity index (χ0v) is 11.3. The van der Waals surface area contributed by atoms with Gasteiger partial charge >= 0.3 is 12.0 Å². The highest BCUT2D eigenvalue weighted by atomic mass is 16.4. The highest BCUT2D eigenvalue weighted by Gasteiger charge is 2.50. The van der Waals surface area contributed by atoms with Crippen molar-refractivity contribution in [2.24, 2.45) is 5.41 Å². The largest absolute Gasteiger partial charge is 0.481 e. The van der Waals surface area contributed by atoms with E-state index in [0.29, 0.717) is 19.4 Å². The van der Waals surface area contributed by atoms with Gasteiger partial charge < -0.3 is 20.6 Å². The summed E-state index contributed by atoms with van der Waals surface area (Å²) in [4.78, 5) is 24.8. The second-order valence-corrected chi connectivity index (χ2v) is 5.60. The highest BCUT2D eigenvalue weighted by molar-refractivity contribution is 5.80. The first-order valence-electron chi connectivity index (χ1n) is 7.10. The Morgan fingerprint density at radius 1 is 1.16 bits per heavy atom. The van der Waals surface area contributed by atoms with E-state index < -0.39 is 11.4 Å². The summed E-state index contributed by atoms with van der Waals surface area (Å²) < 4.78 is 0. The number of amides is 2. The van der Waals surface area contributed by atoms with Crippen molar-refractivity contribution in [2.45, 2.75) is 32.1 Å². The summed E-state index contributed by atoms with van der Waals surface area (Å²) >= 11 is 0. The van der Waals surface area contributed by atoms with Crippen LogP contribution in [0.5, 0.6) is 0 Å². The number of aliphatic carboxylic acids is 1. The van der Waals surface area contributed by atoms with Gasteiger partial charge in [0.05, 0.1) is 5.41 Å². The van der Waals surface area contributed by atoms with Gasteiger partial charge in [-0.1, -0.05) is 0 Å². The van der Waals surface area contributed by atoms with Gasteiger partial charge in [-0.2, -0.15) is 0 Å². The smallest absolute Gasteiger partial charge is 0.314 e. The van der Waals surface area contributed by atoms with Crippen LogP contribution in [0.25, 0.3) is 0 Å². The maximum atomic E-state index is 11.5. The molecule has 1 saturated carbocycles. The fourth-order valence-electron chi connectivity index (χ4n) is 2.44. The van der Waals surface area contributed by atoms with Gasteiger partial charge in [-0.25, -0.2) is 4.79 Å². The van der Waals surface area contributed by atoms with Crippen molar-refractivity contribution in [3.05, 3.63) is 0 Å². The molecule has 0 aromatic heterocycles. The number of carboxylic acids is 1. The maximum Gasteiger partial charge on any atom is 0.314 e. The van der Waals surface area contributed by atoms with Crippen molar-refractivity contribution in [3.63, 3.8) is 0 Å². The van der Waals surface area contributed by atoms with E-state index in [-0.39, 0.29) is 12.6 Å². The average Bonchev–Trinajstić information content (AvgIpc) is 3.01. The molecule has 0 aromatic rings. The number of rotatable bonds is 7. The summed E-state index contributed by atoms with van der Waals surface area (Å²) in [5, 5.41) is 14.4. The predicted molar refractivity (Wildman–Crippen MR) is 71.0 cm³/mol. The number of nitrogens with one attached hydrogen (secondary N) is 2. The molecule has 0 unspecified atom stereocenters. The third-order valence-corrected chi connectivity index (χ3v) is 4.03. The summed E-state index contributed by atoms with van der Waals surface area (Å²) in [6, 6.07) is -0.256. The molecule has 1 aliphatic carbocycles. The quantitative estimate of drug-likeness (QED) is 0.592. The van der Waals surface area contributed by atoms with Crippen LogP contribution < -0.4 is 10.6 Å². The zero-order chi connectivity index (χ0) is 13.7. The fraction of sp³-hybridized carbons (Fsp3) is 0.846. The molecule has 2 rings (SSSR count). The van der Waals surface area contributed by atoms with E-state index in [1.54, 1.807) is 0 Å². The lowest BCUT2D eigenvalue weighted by Crippen LogP contribution is -2.41. The molecule has 1 heterocycles. The standard InChI is InChI=1S/C13H23N3O3/c17-11(18)13(4-5-13)10-15-12(19)14-6-3-9-16-7-1-2-8-16/h1-10H2,(H,17,18)(H2,14,15,19). The van der Waals surface area contributed by atoms with Gasteiger partial charge in [0, 0.05) is 13.1 Å². The van der Waals surface area contributed by atoms with Crippen LogP contribution >= 0.6 is 0 Å². The summed E-state index contributed by atoms with van der Waals surface area (Å²) in [5.41, 5.74) is -0.688. The summed E-state index contributed by atoms with van der Waals surface area (Å²) in [6.45, 7) is 4.25. The van der Waals surface area contributed by atoms with Gasteiger partial charge in [0.25, 0.3) is 0 Å². The molecular weight excluding hydrogens is 246 g/mol. The van der Waals surface area contributed by atoms with Crippen LogP contribution in [0.2, 0.25) is 0 Å². The Balaban J connectivity index is 1.51. The van der Waals surface area contributed by atoms with Crippen LogP contribution in [0, 0.1) is 5.41 Å². The second kappa shape index (κ2) is 6.23. The fourth-order valence-corrected chi connectivity index (χ4v) is 2.44. The number of hydrogen-bond acceptors (Lipinski definition) is 3. The molecule has 2 amide bonds. The molecule has 0 bridgehead atoms. The number of carbonyl (C=O) groups is 2. The van der Waals surface area contributed by atoms with Crippen molar-refractivity contribution < 1.29 is 14.7 Å². The van der Waals surface area contributed by atoms with Crippen LogP contribution in [0.3, 0.4) is 0 Å². The lowest BCUT2D eigenvalue weighted by molar-refractivity contribution is -0.143. The van der Waals surface area contributed by atoms with E-state index >= 15 is 0 Å². The van der Waals surface area contributed by atoms with Crippen LogP contribution in [0.1, 0.15) is 32.1 Å². The SMILES string of the molecule is O=C(NCCCN1CCCC1)NCC1(C(=O)O)CC1. The van der Waals surface area contributed by atoms with Gasteiger partial charge in [0.1, 0.15) is 0 Å². The number of hydrogen-bond donors (Lipinski definition) is 3. The molecule has 0 atom stereocenters. The lowest BCUT2D eigenvalue weighted by atomic mass is 10.1. The van der Waals surface area contributed by atoms with Crippen LogP contribution in [0.15, 0.2) is 0 Å². The van der Waals surface area contributed by atoms with Crippen molar-refractivity contribution in [1.29, 1.82) is 0 Å². The molecule has 1 aliphatic heterocycles. The normalized spacial score (nSPS) is 21.1. The highest BCUT2D eigenvalue weighted by Crippen LogP contribution is 2.45. The van der Waals surface area contributed by atoms with E-state index in [9.17, 15) is 9.59 Å². The Morgan fingerprint density at radius 2 is 1.84 bits per heavy atom. The van der Waals surface area contributed by atoms with E-state index in [2.05, 4.69) is 15.5 Å². The lowest BCUT2D eigenvalue weighted by Gasteiger charge is -2.15. The molecule has 2 fully saturated rings. The van der Waals surface area contributed by atoms with Gasteiger partial charge in [0.2, 0.25) is 0 Å². The van der Waals surface area contributed by atoms with Gasteiger partial charge in [-0.15, -0.1) is 0 Å². The number of nitrogens with zero attached hydrogens (tertiary/aromatic N) is 1. The molecular formula is C13H23N3O3. The minimum atomic E-state index is -0.804. The van der Waals surface area contributed by atoms with Crippen LogP contribution in [-0.4, -0.2) is 54.7 Å².